The lowest BCUT2D eigenvalue weighted by atomic mass is 9.47. The van der Waals surface area contributed by atoms with Crippen molar-refractivity contribution >= 4 is 0 Å². The second-order valence-electron chi connectivity index (χ2n) is 12.8. The summed E-state index contributed by atoms with van der Waals surface area (Å²) >= 11 is 0. The van der Waals surface area contributed by atoms with E-state index in [1.807, 2.05) is 0 Å². The first-order valence-corrected chi connectivity index (χ1v) is 13.1. The van der Waals surface area contributed by atoms with Crippen molar-refractivity contribution < 1.29 is 10.2 Å². The highest BCUT2D eigenvalue weighted by Gasteiger charge is 2.61. The molecule has 3 fully saturated rings. The topological polar surface area (TPSA) is 40.5 Å². The number of hydrogen-bond donors (Lipinski definition) is 2. The van der Waals surface area contributed by atoms with Gasteiger partial charge >= 0.3 is 0 Å². The zero-order chi connectivity index (χ0) is 21.8. The van der Waals surface area contributed by atoms with Crippen molar-refractivity contribution in [3.8, 4) is 0 Å². The molecule has 0 spiro atoms. The van der Waals surface area contributed by atoms with Crippen LogP contribution in [0.25, 0.3) is 0 Å². The lowest BCUT2D eigenvalue weighted by Gasteiger charge is -2.58. The fourth-order valence-electron chi connectivity index (χ4n) is 8.76. The van der Waals surface area contributed by atoms with E-state index in [2.05, 4.69) is 47.6 Å². The van der Waals surface area contributed by atoms with Gasteiger partial charge in [0.1, 0.15) is 0 Å². The van der Waals surface area contributed by atoms with Gasteiger partial charge in [-0.2, -0.15) is 0 Å². The van der Waals surface area contributed by atoms with Crippen molar-refractivity contribution in [3.63, 3.8) is 0 Å². The Labute approximate surface area is 185 Å². The number of allylic oxidation sites excluding steroid dienone is 1. The van der Waals surface area contributed by atoms with Gasteiger partial charge in [0.15, 0.2) is 0 Å². The van der Waals surface area contributed by atoms with Crippen LogP contribution in [0.3, 0.4) is 0 Å². The molecule has 3 saturated carbocycles. The van der Waals surface area contributed by atoms with Crippen LogP contribution in [-0.4, -0.2) is 22.4 Å². The average molecular weight is 417 g/mol. The molecule has 0 aromatic heterocycles. The maximum Gasteiger partial charge on any atom is 0.0579 e. The third kappa shape index (κ3) is 3.62. The van der Waals surface area contributed by atoms with Gasteiger partial charge in [0.2, 0.25) is 0 Å². The van der Waals surface area contributed by atoms with Crippen LogP contribution in [-0.2, 0) is 0 Å². The van der Waals surface area contributed by atoms with Crippen molar-refractivity contribution in [2.24, 2.45) is 52.3 Å². The van der Waals surface area contributed by atoms with Crippen LogP contribution in [0.2, 0.25) is 0 Å². The molecular formula is C28H48O2. The first-order valence-electron chi connectivity index (χ1n) is 13.1. The van der Waals surface area contributed by atoms with Gasteiger partial charge in [-0.25, -0.2) is 0 Å². The summed E-state index contributed by atoms with van der Waals surface area (Å²) in [5.74, 6) is 4.76. The number of aliphatic hydroxyl groups excluding tert-OH is 2. The van der Waals surface area contributed by atoms with Gasteiger partial charge in [-0.1, -0.05) is 66.0 Å². The molecular weight excluding hydrogens is 368 g/mol. The van der Waals surface area contributed by atoms with Crippen molar-refractivity contribution in [1.82, 2.24) is 0 Å². The zero-order valence-corrected chi connectivity index (χ0v) is 20.5. The van der Waals surface area contributed by atoms with Gasteiger partial charge in [0, 0.05) is 0 Å². The Morgan fingerprint density at radius 2 is 1.73 bits per heavy atom. The number of rotatable bonds is 5. The Kier molecular flexibility index (Phi) is 6.26. The molecule has 4 rings (SSSR count). The molecule has 4 unspecified atom stereocenters. The predicted octanol–water partition coefficient (Wildman–Crippen LogP) is 6.61. The average Bonchev–Trinajstić information content (AvgIpc) is 2.96. The van der Waals surface area contributed by atoms with Gasteiger partial charge in [0.25, 0.3) is 0 Å². The normalized spacial score (nSPS) is 47.8. The van der Waals surface area contributed by atoms with Crippen LogP contribution in [0, 0.1) is 52.3 Å². The van der Waals surface area contributed by atoms with Gasteiger partial charge in [-0.3, -0.25) is 0 Å². The van der Waals surface area contributed by atoms with Crippen molar-refractivity contribution in [3.05, 3.63) is 11.6 Å². The summed E-state index contributed by atoms with van der Waals surface area (Å²) in [5.41, 5.74) is 2.15. The third-order valence-corrected chi connectivity index (χ3v) is 11.0. The zero-order valence-electron chi connectivity index (χ0n) is 20.5. The molecule has 2 heteroatoms. The standard InChI is InChI=1S/C28H48O2/c1-17(2)18(3)7-8-19(4)26-25(30)16-24-22-10-9-20-15-21(29)11-13-27(20,5)23(22)12-14-28(24,26)6/h9,17-19,21-26,29-30H,7-8,10-16H2,1-6H3/t18-,19-,21+,22?,23?,24?,25+,26?,27+,28+/m1/s1. The Morgan fingerprint density at radius 1 is 1.00 bits per heavy atom. The minimum atomic E-state index is -0.124. The van der Waals surface area contributed by atoms with E-state index < -0.39 is 0 Å². The van der Waals surface area contributed by atoms with Crippen LogP contribution in [0.1, 0.15) is 99.3 Å². The number of fused-ring (bicyclic) bond motifs is 5. The molecule has 0 amide bonds. The number of aliphatic hydroxyl groups is 2. The molecule has 0 bridgehead atoms. The minimum absolute atomic E-state index is 0.116. The Hall–Kier alpha value is -0.340. The highest BCUT2D eigenvalue weighted by molar-refractivity contribution is 5.25. The molecule has 0 heterocycles. The molecule has 0 aromatic carbocycles. The van der Waals surface area contributed by atoms with Gasteiger partial charge in [-0.05, 0) is 97.2 Å². The minimum Gasteiger partial charge on any atom is -0.393 e. The Morgan fingerprint density at radius 3 is 2.43 bits per heavy atom. The highest BCUT2D eigenvalue weighted by atomic mass is 16.3. The molecule has 10 atom stereocenters. The molecule has 0 aliphatic heterocycles. The van der Waals surface area contributed by atoms with Gasteiger partial charge in [0.05, 0.1) is 12.2 Å². The summed E-state index contributed by atoms with van der Waals surface area (Å²) in [6.07, 6.45) is 12.7. The highest BCUT2D eigenvalue weighted by Crippen LogP contribution is 2.67. The molecule has 2 nitrogen and oxygen atoms in total. The fraction of sp³-hybridized carbons (Fsp3) is 0.929. The summed E-state index contributed by atoms with van der Waals surface area (Å²) in [7, 11) is 0. The van der Waals surface area contributed by atoms with E-state index in [0.29, 0.717) is 28.6 Å². The first kappa shape index (κ1) is 22.8. The maximum absolute atomic E-state index is 11.3. The monoisotopic (exact) mass is 416 g/mol. The molecule has 4 aliphatic carbocycles. The molecule has 30 heavy (non-hydrogen) atoms. The van der Waals surface area contributed by atoms with Crippen LogP contribution >= 0.6 is 0 Å². The fourth-order valence-corrected chi connectivity index (χ4v) is 8.76. The summed E-state index contributed by atoms with van der Waals surface area (Å²) < 4.78 is 0. The summed E-state index contributed by atoms with van der Waals surface area (Å²) in [6.45, 7) is 14.6. The van der Waals surface area contributed by atoms with E-state index in [-0.39, 0.29) is 12.2 Å². The van der Waals surface area contributed by atoms with Crippen LogP contribution in [0.15, 0.2) is 11.6 Å². The summed E-state index contributed by atoms with van der Waals surface area (Å²) in [6, 6.07) is 0. The maximum atomic E-state index is 11.3. The van der Waals surface area contributed by atoms with Crippen molar-refractivity contribution in [1.29, 1.82) is 0 Å². The van der Waals surface area contributed by atoms with Gasteiger partial charge in [-0.15, -0.1) is 0 Å². The smallest absolute Gasteiger partial charge is 0.0579 e. The van der Waals surface area contributed by atoms with Crippen LogP contribution in [0.4, 0.5) is 0 Å². The lowest BCUT2D eigenvalue weighted by Crippen LogP contribution is -2.51. The lowest BCUT2D eigenvalue weighted by molar-refractivity contribution is -0.0622. The quantitative estimate of drug-likeness (QED) is 0.495. The molecule has 172 valence electrons. The SMILES string of the molecule is CC(C)[C@H](C)CC[C@@H](C)C1[C@@H](O)CC2C3CC=C4C[C@@H](O)CC[C@]4(C)C3CC[C@@]21C. The van der Waals surface area contributed by atoms with E-state index in [1.54, 1.807) is 5.57 Å². The summed E-state index contributed by atoms with van der Waals surface area (Å²) in [5, 5.41) is 21.5. The summed E-state index contributed by atoms with van der Waals surface area (Å²) in [4.78, 5) is 0. The van der Waals surface area contributed by atoms with Crippen molar-refractivity contribution in [2.75, 3.05) is 0 Å². The van der Waals surface area contributed by atoms with E-state index >= 15 is 0 Å². The van der Waals surface area contributed by atoms with Crippen LogP contribution < -0.4 is 0 Å². The Bertz CT molecular complexity index is 653. The Balaban J connectivity index is 1.53. The molecule has 4 aliphatic rings. The van der Waals surface area contributed by atoms with E-state index in [0.717, 1.165) is 49.4 Å². The second kappa shape index (κ2) is 8.22. The number of hydrogen-bond acceptors (Lipinski definition) is 2. The largest absolute Gasteiger partial charge is 0.393 e. The first-order chi connectivity index (χ1) is 14.1. The van der Waals surface area contributed by atoms with E-state index in [9.17, 15) is 10.2 Å². The predicted molar refractivity (Wildman–Crippen MR) is 125 cm³/mol. The van der Waals surface area contributed by atoms with Crippen LogP contribution in [0.5, 0.6) is 0 Å². The third-order valence-electron chi connectivity index (χ3n) is 11.0. The van der Waals surface area contributed by atoms with E-state index in [4.69, 9.17) is 0 Å². The van der Waals surface area contributed by atoms with Crippen molar-refractivity contribution in [2.45, 2.75) is 112 Å². The molecule has 2 N–H and O–H groups in total. The van der Waals surface area contributed by atoms with E-state index in [1.165, 1.54) is 32.1 Å². The second-order valence-corrected chi connectivity index (χ2v) is 12.8. The molecule has 0 aromatic rings. The molecule has 0 radical (unpaired) electrons. The molecule has 0 saturated heterocycles. The van der Waals surface area contributed by atoms with Gasteiger partial charge < -0.3 is 10.2 Å².